The van der Waals surface area contributed by atoms with E-state index in [2.05, 4.69) is 32.4 Å². The minimum absolute atomic E-state index is 0.281. The molecule has 0 bridgehead atoms. The summed E-state index contributed by atoms with van der Waals surface area (Å²) >= 11 is 0. The van der Waals surface area contributed by atoms with E-state index in [1.165, 1.54) is 32.1 Å². The lowest BCUT2D eigenvalue weighted by atomic mass is 9.83. The van der Waals surface area contributed by atoms with Crippen molar-refractivity contribution in [3.8, 4) is 0 Å². The van der Waals surface area contributed by atoms with Gasteiger partial charge >= 0.3 is 0 Å². The lowest BCUT2D eigenvalue weighted by Crippen LogP contribution is -2.32. The molecule has 0 radical (unpaired) electrons. The molecule has 19 heavy (non-hydrogen) atoms. The highest BCUT2D eigenvalue weighted by atomic mass is 15.2. The molecule has 0 amide bonds. The van der Waals surface area contributed by atoms with E-state index in [9.17, 15) is 0 Å². The van der Waals surface area contributed by atoms with Gasteiger partial charge in [-0.05, 0) is 18.8 Å². The average Bonchev–Trinajstić information content (AvgIpc) is 2.87. The predicted molar refractivity (Wildman–Crippen MR) is 75.8 cm³/mol. The number of aromatic amines is 1. The number of nitrogens with one attached hydrogen (secondary N) is 2. The first-order valence-corrected chi connectivity index (χ1v) is 7.01. The molecule has 2 unspecified atom stereocenters. The number of nitrogen functional groups attached to an aromatic ring is 1. The molecule has 0 spiro atoms. The number of anilines is 2. The third-order valence-corrected chi connectivity index (χ3v) is 4.08. The second-order valence-electron chi connectivity index (χ2n) is 5.27. The van der Waals surface area contributed by atoms with Gasteiger partial charge in [-0.15, -0.1) is 0 Å². The van der Waals surface area contributed by atoms with Crippen molar-refractivity contribution in [2.24, 2.45) is 5.92 Å². The molecule has 6 nitrogen and oxygen atoms in total. The van der Waals surface area contributed by atoms with E-state index in [4.69, 9.17) is 5.73 Å². The standard InChI is InChI=1S/C13H20N6/c1-2-8-5-3-4-6-10(8)16-11-9-7-15-19-12(9)18-13(14)17-11/h7-8,10H,2-6H2,1H3,(H4,14,15,16,17,18,19). The smallest absolute Gasteiger partial charge is 0.224 e. The Labute approximate surface area is 112 Å². The minimum atomic E-state index is 0.281. The Balaban J connectivity index is 1.89. The number of hydrogen-bond donors (Lipinski definition) is 3. The summed E-state index contributed by atoms with van der Waals surface area (Å²) in [4.78, 5) is 8.47. The van der Waals surface area contributed by atoms with E-state index < -0.39 is 0 Å². The molecule has 1 aliphatic rings. The van der Waals surface area contributed by atoms with Crippen molar-refractivity contribution in [2.45, 2.75) is 45.1 Å². The van der Waals surface area contributed by atoms with Gasteiger partial charge in [-0.1, -0.05) is 26.2 Å². The number of nitrogens with zero attached hydrogens (tertiary/aromatic N) is 3. The number of H-pyrrole nitrogens is 1. The van der Waals surface area contributed by atoms with Crippen LogP contribution in [-0.4, -0.2) is 26.2 Å². The van der Waals surface area contributed by atoms with Crippen molar-refractivity contribution in [1.29, 1.82) is 0 Å². The highest BCUT2D eigenvalue weighted by Crippen LogP contribution is 2.30. The van der Waals surface area contributed by atoms with Gasteiger partial charge < -0.3 is 11.1 Å². The summed E-state index contributed by atoms with van der Waals surface area (Å²) in [5, 5.41) is 11.3. The van der Waals surface area contributed by atoms with E-state index >= 15 is 0 Å². The van der Waals surface area contributed by atoms with Crippen LogP contribution in [0.15, 0.2) is 6.20 Å². The summed E-state index contributed by atoms with van der Waals surface area (Å²) in [6.07, 6.45) is 8.06. The SMILES string of the molecule is CCC1CCCCC1Nc1nc(N)nc2[nH]ncc12. The number of hydrogen-bond acceptors (Lipinski definition) is 5. The second kappa shape index (κ2) is 5.03. The third kappa shape index (κ3) is 2.34. The third-order valence-electron chi connectivity index (χ3n) is 4.08. The van der Waals surface area contributed by atoms with E-state index in [-0.39, 0.29) is 5.95 Å². The fraction of sp³-hybridized carbons (Fsp3) is 0.615. The molecule has 2 aromatic heterocycles. The van der Waals surface area contributed by atoms with Gasteiger partial charge in [0.1, 0.15) is 5.82 Å². The normalized spacial score (nSPS) is 23.6. The van der Waals surface area contributed by atoms with Gasteiger partial charge in [0, 0.05) is 6.04 Å². The predicted octanol–water partition coefficient (Wildman–Crippen LogP) is 2.32. The molecule has 2 aromatic rings. The summed E-state index contributed by atoms with van der Waals surface area (Å²) in [5.74, 6) is 1.80. The molecule has 1 saturated carbocycles. The molecule has 1 fully saturated rings. The van der Waals surface area contributed by atoms with Crippen molar-refractivity contribution in [3.05, 3.63) is 6.20 Å². The fourth-order valence-electron chi connectivity index (χ4n) is 3.02. The maximum Gasteiger partial charge on any atom is 0.224 e. The molecular weight excluding hydrogens is 240 g/mol. The highest BCUT2D eigenvalue weighted by Gasteiger charge is 2.24. The molecule has 0 aliphatic heterocycles. The summed E-state index contributed by atoms with van der Waals surface area (Å²) in [7, 11) is 0. The largest absolute Gasteiger partial charge is 0.368 e. The van der Waals surface area contributed by atoms with Gasteiger partial charge in [0.2, 0.25) is 5.95 Å². The molecule has 0 aromatic carbocycles. The van der Waals surface area contributed by atoms with Crippen LogP contribution >= 0.6 is 0 Å². The van der Waals surface area contributed by atoms with Crippen molar-refractivity contribution in [3.63, 3.8) is 0 Å². The first kappa shape index (κ1) is 12.2. The zero-order valence-electron chi connectivity index (χ0n) is 11.2. The molecule has 3 rings (SSSR count). The maximum atomic E-state index is 5.75. The van der Waals surface area contributed by atoms with Crippen LogP contribution in [0.4, 0.5) is 11.8 Å². The number of fused-ring (bicyclic) bond motifs is 1. The Morgan fingerprint density at radius 1 is 1.37 bits per heavy atom. The molecule has 1 aliphatic carbocycles. The molecule has 102 valence electrons. The average molecular weight is 260 g/mol. The molecule has 4 N–H and O–H groups in total. The Bertz CT molecular complexity index is 563. The summed E-state index contributed by atoms with van der Waals surface area (Å²) in [6, 6.07) is 0.478. The van der Waals surface area contributed by atoms with Gasteiger partial charge in [-0.2, -0.15) is 15.1 Å². The van der Waals surface area contributed by atoms with Crippen LogP contribution in [0.25, 0.3) is 11.0 Å². The van der Waals surface area contributed by atoms with Crippen molar-refractivity contribution in [1.82, 2.24) is 20.2 Å². The van der Waals surface area contributed by atoms with Crippen molar-refractivity contribution in [2.75, 3.05) is 11.1 Å². The zero-order chi connectivity index (χ0) is 13.2. The van der Waals surface area contributed by atoms with E-state index in [0.29, 0.717) is 17.6 Å². The minimum Gasteiger partial charge on any atom is -0.368 e. The van der Waals surface area contributed by atoms with Crippen LogP contribution < -0.4 is 11.1 Å². The number of nitrogens with two attached hydrogens (primary N) is 1. The van der Waals surface area contributed by atoms with Gasteiger partial charge in [0.05, 0.1) is 11.6 Å². The van der Waals surface area contributed by atoms with E-state index in [1.807, 2.05) is 0 Å². The maximum absolute atomic E-state index is 5.75. The van der Waals surface area contributed by atoms with Crippen LogP contribution in [0.1, 0.15) is 39.0 Å². The Hall–Kier alpha value is -1.85. The van der Waals surface area contributed by atoms with Crippen LogP contribution in [0, 0.1) is 5.92 Å². The molecule has 2 heterocycles. The first-order chi connectivity index (χ1) is 9.28. The lowest BCUT2D eigenvalue weighted by Gasteiger charge is -2.32. The van der Waals surface area contributed by atoms with Crippen LogP contribution in [0.2, 0.25) is 0 Å². The highest BCUT2D eigenvalue weighted by molar-refractivity contribution is 5.86. The monoisotopic (exact) mass is 260 g/mol. The second-order valence-corrected chi connectivity index (χ2v) is 5.27. The van der Waals surface area contributed by atoms with Crippen LogP contribution in [0.3, 0.4) is 0 Å². The number of rotatable bonds is 3. The van der Waals surface area contributed by atoms with Gasteiger partial charge in [0.15, 0.2) is 5.65 Å². The van der Waals surface area contributed by atoms with Crippen LogP contribution in [-0.2, 0) is 0 Å². The first-order valence-electron chi connectivity index (χ1n) is 7.01. The molecular formula is C13H20N6. The summed E-state index contributed by atoms with van der Waals surface area (Å²) < 4.78 is 0. The topological polar surface area (TPSA) is 92.5 Å². The van der Waals surface area contributed by atoms with Crippen LogP contribution in [0.5, 0.6) is 0 Å². The fourth-order valence-corrected chi connectivity index (χ4v) is 3.02. The van der Waals surface area contributed by atoms with Gasteiger partial charge in [0.25, 0.3) is 0 Å². The number of aromatic nitrogens is 4. The van der Waals surface area contributed by atoms with E-state index in [1.54, 1.807) is 6.20 Å². The molecule has 2 atom stereocenters. The summed E-state index contributed by atoms with van der Waals surface area (Å²) in [6.45, 7) is 2.26. The molecule has 6 heteroatoms. The van der Waals surface area contributed by atoms with Crippen molar-refractivity contribution >= 4 is 22.8 Å². The molecule has 0 saturated heterocycles. The quantitative estimate of drug-likeness (QED) is 0.787. The van der Waals surface area contributed by atoms with Gasteiger partial charge in [-0.3, -0.25) is 5.10 Å². The van der Waals surface area contributed by atoms with Gasteiger partial charge in [-0.25, -0.2) is 0 Å². The van der Waals surface area contributed by atoms with E-state index in [0.717, 1.165) is 11.2 Å². The zero-order valence-corrected chi connectivity index (χ0v) is 11.2. The summed E-state index contributed by atoms with van der Waals surface area (Å²) in [5.41, 5.74) is 6.44. The van der Waals surface area contributed by atoms with Crippen molar-refractivity contribution < 1.29 is 0 Å². The Morgan fingerprint density at radius 2 is 2.21 bits per heavy atom. The lowest BCUT2D eigenvalue weighted by molar-refractivity contribution is 0.317. The Kier molecular flexibility index (Phi) is 3.23. The Morgan fingerprint density at radius 3 is 3.05 bits per heavy atom.